The molecule has 178 valence electrons. The van der Waals surface area contributed by atoms with Crippen molar-refractivity contribution in [1.29, 1.82) is 0 Å². The molecule has 0 saturated carbocycles. The second-order valence-electron chi connectivity index (χ2n) is 8.97. The van der Waals surface area contributed by atoms with Crippen molar-refractivity contribution in [1.82, 2.24) is 15.3 Å². The Morgan fingerprint density at radius 1 is 1.24 bits per heavy atom. The number of fused-ring (bicyclic) bond motifs is 2. The number of anilines is 2. The van der Waals surface area contributed by atoms with Crippen molar-refractivity contribution in [3.8, 4) is 5.88 Å². The Kier molecular flexibility index (Phi) is 5.10. The van der Waals surface area contributed by atoms with Gasteiger partial charge in [0.15, 0.2) is 0 Å². The molecule has 6 heterocycles. The second-order valence-corrected chi connectivity index (χ2v) is 9.96. The van der Waals surface area contributed by atoms with Gasteiger partial charge < -0.3 is 35.9 Å². The minimum Gasteiger partial charge on any atom is -0.475 e. The van der Waals surface area contributed by atoms with Crippen molar-refractivity contribution in [2.45, 2.75) is 31.2 Å². The molecule has 3 aromatic rings. The molecule has 6 rings (SSSR count). The predicted octanol–water partition coefficient (Wildman–Crippen LogP) is 1.21. The van der Waals surface area contributed by atoms with Crippen LogP contribution in [0.4, 0.5) is 11.5 Å². The van der Waals surface area contributed by atoms with Gasteiger partial charge >= 0.3 is 0 Å². The quantitative estimate of drug-likeness (QED) is 0.503. The summed E-state index contributed by atoms with van der Waals surface area (Å²) in [7, 11) is 0. The van der Waals surface area contributed by atoms with Crippen LogP contribution in [-0.2, 0) is 15.9 Å². The van der Waals surface area contributed by atoms with E-state index in [1.807, 2.05) is 31.2 Å². The van der Waals surface area contributed by atoms with Gasteiger partial charge in [0.1, 0.15) is 22.1 Å². The molecule has 0 unspecified atom stereocenters. The van der Waals surface area contributed by atoms with E-state index in [2.05, 4.69) is 15.2 Å². The standard InChI is InChI=1S/C23H26N6O4S/c1-12-2-4-15-18(25)19(34-22(15)26-12)20(30)27-14-8-13-3-5-17(28-21(13)31-10-14)29-9-16(24)23(11-29)32-6-7-33-23/h2-5,14,16H,6-11,24-25H2,1H3,(H,27,30)/t14-,16-/m1/s1. The van der Waals surface area contributed by atoms with Gasteiger partial charge in [-0.15, -0.1) is 11.3 Å². The van der Waals surface area contributed by atoms with Gasteiger partial charge in [0.25, 0.3) is 5.91 Å². The SMILES string of the molecule is Cc1ccc2c(N)c(C(=O)N[C@H]3COc4nc(N5C[C@@H](N)C6(C5)OCCO6)ccc4C3)sc2n1. The number of amides is 1. The third-order valence-electron chi connectivity index (χ3n) is 6.58. The summed E-state index contributed by atoms with van der Waals surface area (Å²) in [6, 6.07) is 7.31. The van der Waals surface area contributed by atoms with Crippen LogP contribution in [0.1, 0.15) is 20.9 Å². The number of thiophene rings is 1. The Hall–Kier alpha value is -2.99. The lowest BCUT2D eigenvalue weighted by atomic mass is 10.1. The summed E-state index contributed by atoms with van der Waals surface area (Å²) in [6.07, 6.45) is 0.617. The molecule has 1 amide bonds. The van der Waals surface area contributed by atoms with Crippen LogP contribution in [0.3, 0.4) is 0 Å². The van der Waals surface area contributed by atoms with Crippen LogP contribution in [0.5, 0.6) is 5.88 Å². The number of hydrogen-bond acceptors (Lipinski definition) is 10. The van der Waals surface area contributed by atoms with E-state index in [1.54, 1.807) is 0 Å². The molecule has 1 spiro atoms. The number of aryl methyl sites for hydroxylation is 1. The van der Waals surface area contributed by atoms with Crippen LogP contribution in [-0.4, -0.2) is 66.7 Å². The highest BCUT2D eigenvalue weighted by Crippen LogP contribution is 2.35. The number of nitrogens with one attached hydrogen (secondary N) is 1. The van der Waals surface area contributed by atoms with E-state index >= 15 is 0 Å². The largest absolute Gasteiger partial charge is 0.475 e. The molecule has 0 radical (unpaired) electrons. The highest BCUT2D eigenvalue weighted by molar-refractivity contribution is 7.21. The van der Waals surface area contributed by atoms with Crippen LogP contribution in [0, 0.1) is 6.92 Å². The average Bonchev–Trinajstić information content (AvgIpc) is 3.52. The summed E-state index contributed by atoms with van der Waals surface area (Å²) in [5.41, 5.74) is 14.8. The Morgan fingerprint density at radius 3 is 2.88 bits per heavy atom. The summed E-state index contributed by atoms with van der Waals surface area (Å²) in [6.45, 7) is 4.47. The van der Waals surface area contributed by atoms with Crippen molar-refractivity contribution in [2.24, 2.45) is 5.73 Å². The molecule has 3 aliphatic rings. The highest BCUT2D eigenvalue weighted by atomic mass is 32.1. The Labute approximate surface area is 200 Å². The fourth-order valence-corrected chi connectivity index (χ4v) is 5.84. The number of ether oxygens (including phenoxy) is 3. The van der Waals surface area contributed by atoms with Gasteiger partial charge in [-0.25, -0.2) is 4.98 Å². The van der Waals surface area contributed by atoms with E-state index in [-0.39, 0.29) is 18.0 Å². The number of pyridine rings is 2. The van der Waals surface area contributed by atoms with E-state index < -0.39 is 5.79 Å². The van der Waals surface area contributed by atoms with Crippen LogP contribution < -0.4 is 26.4 Å². The molecule has 5 N–H and O–H groups in total. The van der Waals surface area contributed by atoms with Crippen molar-refractivity contribution in [3.63, 3.8) is 0 Å². The van der Waals surface area contributed by atoms with Crippen LogP contribution in [0.2, 0.25) is 0 Å². The number of carbonyl (C=O) groups excluding carboxylic acids is 1. The third kappa shape index (κ3) is 3.56. The van der Waals surface area contributed by atoms with Crippen LogP contribution in [0.25, 0.3) is 10.2 Å². The van der Waals surface area contributed by atoms with E-state index in [0.29, 0.717) is 55.8 Å². The zero-order valence-corrected chi connectivity index (χ0v) is 19.6. The van der Waals surface area contributed by atoms with Gasteiger partial charge in [0.2, 0.25) is 11.7 Å². The molecule has 2 atom stereocenters. The first-order chi connectivity index (χ1) is 16.4. The fraction of sp³-hybridized carbons (Fsp3) is 0.435. The van der Waals surface area contributed by atoms with E-state index in [1.165, 1.54) is 11.3 Å². The maximum atomic E-state index is 13.0. The molecule has 0 bridgehead atoms. The summed E-state index contributed by atoms with van der Waals surface area (Å²) in [5, 5.41) is 3.86. The first-order valence-corrected chi connectivity index (χ1v) is 12.1. The van der Waals surface area contributed by atoms with Gasteiger partial charge in [0, 0.05) is 29.6 Å². The first-order valence-electron chi connectivity index (χ1n) is 11.3. The van der Waals surface area contributed by atoms with E-state index in [4.69, 9.17) is 30.7 Å². The molecule has 0 aromatic carbocycles. The number of carbonyl (C=O) groups is 1. The monoisotopic (exact) mass is 482 g/mol. The predicted molar refractivity (Wildman–Crippen MR) is 128 cm³/mol. The molecule has 3 aliphatic heterocycles. The molecule has 2 saturated heterocycles. The summed E-state index contributed by atoms with van der Waals surface area (Å²) in [5.74, 6) is 0.379. The smallest absolute Gasteiger partial charge is 0.263 e. The highest BCUT2D eigenvalue weighted by Gasteiger charge is 2.50. The number of nitrogen functional groups attached to an aromatic ring is 1. The topological polar surface area (TPSA) is 138 Å². The lowest BCUT2D eigenvalue weighted by Crippen LogP contribution is -2.47. The summed E-state index contributed by atoms with van der Waals surface area (Å²) >= 11 is 1.31. The second kappa shape index (κ2) is 8.05. The van der Waals surface area contributed by atoms with E-state index in [9.17, 15) is 4.79 Å². The third-order valence-corrected chi connectivity index (χ3v) is 7.69. The normalized spacial score (nSPS) is 23.3. The van der Waals surface area contributed by atoms with Crippen molar-refractivity contribution in [2.75, 3.05) is 43.5 Å². The van der Waals surface area contributed by atoms with Crippen LogP contribution >= 0.6 is 11.3 Å². The molecule has 11 heteroatoms. The van der Waals surface area contributed by atoms with Gasteiger partial charge in [-0.2, -0.15) is 4.98 Å². The molecular weight excluding hydrogens is 456 g/mol. The van der Waals surface area contributed by atoms with Crippen molar-refractivity contribution in [3.05, 3.63) is 40.4 Å². The number of hydrogen-bond donors (Lipinski definition) is 3. The lowest BCUT2D eigenvalue weighted by Gasteiger charge is -2.27. The lowest BCUT2D eigenvalue weighted by molar-refractivity contribution is -0.147. The van der Waals surface area contributed by atoms with Gasteiger partial charge in [-0.05, 0) is 31.2 Å². The Balaban J connectivity index is 1.15. The fourth-order valence-electron chi connectivity index (χ4n) is 4.80. The first kappa shape index (κ1) is 21.5. The molecule has 3 aromatic heterocycles. The zero-order chi connectivity index (χ0) is 23.4. The number of nitrogens with two attached hydrogens (primary N) is 2. The molecule has 0 aliphatic carbocycles. The number of nitrogens with zero attached hydrogens (tertiary/aromatic N) is 3. The zero-order valence-electron chi connectivity index (χ0n) is 18.7. The average molecular weight is 483 g/mol. The molecule has 34 heavy (non-hydrogen) atoms. The minimum absolute atomic E-state index is 0.185. The molecule has 10 nitrogen and oxygen atoms in total. The van der Waals surface area contributed by atoms with Gasteiger partial charge in [-0.3, -0.25) is 4.79 Å². The van der Waals surface area contributed by atoms with Crippen LogP contribution in [0.15, 0.2) is 24.3 Å². The van der Waals surface area contributed by atoms with E-state index in [0.717, 1.165) is 27.3 Å². The van der Waals surface area contributed by atoms with Crippen molar-refractivity contribution >= 4 is 39.0 Å². The maximum Gasteiger partial charge on any atom is 0.263 e. The summed E-state index contributed by atoms with van der Waals surface area (Å²) in [4.78, 5) is 25.5. The number of aromatic nitrogens is 2. The number of rotatable bonds is 3. The summed E-state index contributed by atoms with van der Waals surface area (Å²) < 4.78 is 17.5. The minimum atomic E-state index is -0.753. The Bertz CT molecular complexity index is 1270. The molecule has 2 fully saturated rings. The van der Waals surface area contributed by atoms with Crippen molar-refractivity contribution < 1.29 is 19.0 Å². The maximum absolute atomic E-state index is 13.0. The van der Waals surface area contributed by atoms with Gasteiger partial charge in [0.05, 0.1) is 37.5 Å². The molecular formula is C23H26N6O4S. The Morgan fingerprint density at radius 2 is 2.06 bits per heavy atom. The van der Waals surface area contributed by atoms with Gasteiger partial charge in [-0.1, -0.05) is 0 Å².